The van der Waals surface area contributed by atoms with Crippen LogP contribution < -0.4 is 0 Å². The van der Waals surface area contributed by atoms with Crippen molar-refractivity contribution in [2.24, 2.45) is 0 Å². The molecule has 2 saturated heterocycles. The maximum Gasteiger partial charge on any atom is 0.260 e. The number of hydrogen-bond acceptors (Lipinski definition) is 4. The van der Waals surface area contributed by atoms with Gasteiger partial charge in [-0.1, -0.05) is 12.1 Å². The largest absolute Gasteiger partial charge is 0.334 e. The molecule has 2 fully saturated rings. The standard InChI is InChI=1S/C24H28F2N2O3S/c1-16-5-3-11-27(16)15-19-6-4-12-28(19)24(29)23-21(25)13-18(14-22(23)26)17-7-9-20(10-8-17)32(2,30)31/h7-10,13-14,16,19H,3-6,11-12,15H2,1-2H3/t16-,19+/m1/s1. The Hall–Kier alpha value is -2.32. The summed E-state index contributed by atoms with van der Waals surface area (Å²) >= 11 is 0. The predicted octanol–water partition coefficient (Wildman–Crippen LogP) is 4.12. The molecule has 2 aliphatic heterocycles. The number of rotatable bonds is 5. The first-order valence-electron chi connectivity index (χ1n) is 11.0. The van der Waals surface area contributed by atoms with Gasteiger partial charge in [0.1, 0.15) is 17.2 Å². The number of sulfone groups is 1. The molecule has 0 unspecified atom stereocenters. The molecule has 0 aromatic heterocycles. The van der Waals surface area contributed by atoms with E-state index >= 15 is 0 Å². The fraction of sp³-hybridized carbons (Fsp3) is 0.458. The van der Waals surface area contributed by atoms with Crippen LogP contribution in [0.5, 0.6) is 0 Å². The Balaban J connectivity index is 1.57. The lowest BCUT2D eigenvalue weighted by Crippen LogP contribution is -2.44. The highest BCUT2D eigenvalue weighted by Crippen LogP contribution is 2.29. The lowest BCUT2D eigenvalue weighted by Gasteiger charge is -2.31. The van der Waals surface area contributed by atoms with Crippen molar-refractivity contribution in [3.63, 3.8) is 0 Å². The highest BCUT2D eigenvalue weighted by Gasteiger charge is 2.35. The predicted molar refractivity (Wildman–Crippen MR) is 119 cm³/mol. The van der Waals surface area contributed by atoms with Crippen molar-refractivity contribution in [2.75, 3.05) is 25.9 Å². The first-order chi connectivity index (χ1) is 15.1. The summed E-state index contributed by atoms with van der Waals surface area (Å²) in [5.41, 5.74) is 0.194. The van der Waals surface area contributed by atoms with Crippen molar-refractivity contribution >= 4 is 15.7 Å². The molecule has 32 heavy (non-hydrogen) atoms. The Morgan fingerprint density at radius 3 is 2.19 bits per heavy atom. The van der Waals surface area contributed by atoms with E-state index in [1.807, 2.05) is 0 Å². The molecule has 0 saturated carbocycles. The number of likely N-dealkylation sites (tertiary alicyclic amines) is 2. The van der Waals surface area contributed by atoms with Crippen molar-refractivity contribution < 1.29 is 22.0 Å². The Morgan fingerprint density at radius 1 is 1.00 bits per heavy atom. The van der Waals surface area contributed by atoms with Crippen LogP contribution in [0.15, 0.2) is 41.3 Å². The van der Waals surface area contributed by atoms with Gasteiger partial charge < -0.3 is 4.90 Å². The maximum absolute atomic E-state index is 15.0. The summed E-state index contributed by atoms with van der Waals surface area (Å²) in [4.78, 5) is 17.2. The molecule has 0 N–H and O–H groups in total. The normalized spacial score (nSPS) is 21.9. The molecule has 0 spiro atoms. The fourth-order valence-electron chi connectivity index (χ4n) is 4.81. The smallest absolute Gasteiger partial charge is 0.260 e. The Morgan fingerprint density at radius 2 is 1.62 bits per heavy atom. The van der Waals surface area contributed by atoms with E-state index in [4.69, 9.17) is 0 Å². The number of amides is 1. The number of nitrogens with zero attached hydrogens (tertiary/aromatic N) is 2. The van der Waals surface area contributed by atoms with E-state index in [1.54, 1.807) is 4.90 Å². The maximum atomic E-state index is 15.0. The first-order valence-corrected chi connectivity index (χ1v) is 12.9. The number of benzene rings is 2. The molecule has 2 aromatic carbocycles. The summed E-state index contributed by atoms with van der Waals surface area (Å²) in [6, 6.07) is 8.50. The first kappa shape index (κ1) is 22.9. The number of hydrogen-bond donors (Lipinski definition) is 0. The SMILES string of the molecule is C[C@@H]1CCCN1C[C@@H]1CCCN1C(=O)c1c(F)cc(-c2ccc(S(C)(=O)=O)cc2)cc1F. The summed E-state index contributed by atoms with van der Waals surface area (Å²) in [5.74, 6) is -2.41. The van der Waals surface area contributed by atoms with Gasteiger partial charge in [-0.15, -0.1) is 0 Å². The van der Waals surface area contributed by atoms with Gasteiger partial charge in [-0.2, -0.15) is 0 Å². The van der Waals surface area contributed by atoms with E-state index in [9.17, 15) is 22.0 Å². The van der Waals surface area contributed by atoms with Crippen LogP contribution in [0.3, 0.4) is 0 Å². The van der Waals surface area contributed by atoms with Crippen LogP contribution in [-0.2, 0) is 9.84 Å². The van der Waals surface area contributed by atoms with E-state index < -0.39 is 32.9 Å². The third-order valence-electron chi connectivity index (χ3n) is 6.65. The van der Waals surface area contributed by atoms with Gasteiger partial charge >= 0.3 is 0 Å². The van der Waals surface area contributed by atoms with Crippen LogP contribution >= 0.6 is 0 Å². The zero-order valence-electron chi connectivity index (χ0n) is 18.4. The third kappa shape index (κ3) is 4.57. The Kier molecular flexibility index (Phi) is 6.36. The monoisotopic (exact) mass is 462 g/mol. The van der Waals surface area contributed by atoms with Crippen LogP contribution in [0.25, 0.3) is 11.1 Å². The molecule has 2 aliphatic rings. The lowest BCUT2D eigenvalue weighted by atomic mass is 10.0. The second kappa shape index (κ2) is 8.90. The molecule has 0 radical (unpaired) electrons. The molecule has 8 heteroatoms. The van der Waals surface area contributed by atoms with Crippen molar-refractivity contribution in [3.8, 4) is 11.1 Å². The van der Waals surface area contributed by atoms with Crippen molar-refractivity contribution in [1.29, 1.82) is 0 Å². The van der Waals surface area contributed by atoms with E-state index in [0.717, 1.165) is 57.2 Å². The van der Waals surface area contributed by atoms with Gasteiger partial charge in [0.15, 0.2) is 9.84 Å². The topological polar surface area (TPSA) is 57.7 Å². The van der Waals surface area contributed by atoms with E-state index in [0.29, 0.717) is 18.2 Å². The van der Waals surface area contributed by atoms with E-state index in [1.165, 1.54) is 24.3 Å². The summed E-state index contributed by atoms with van der Waals surface area (Å²) in [6.07, 6.45) is 5.03. The minimum Gasteiger partial charge on any atom is -0.334 e. The van der Waals surface area contributed by atoms with Gasteiger partial charge in [-0.25, -0.2) is 17.2 Å². The molecule has 1 amide bonds. The van der Waals surface area contributed by atoms with Gasteiger partial charge in [0.05, 0.1) is 4.90 Å². The van der Waals surface area contributed by atoms with Gasteiger partial charge in [0, 0.05) is 31.4 Å². The molecule has 0 bridgehead atoms. The summed E-state index contributed by atoms with van der Waals surface area (Å²) < 4.78 is 53.2. The highest BCUT2D eigenvalue weighted by molar-refractivity contribution is 7.90. The van der Waals surface area contributed by atoms with Gasteiger partial charge in [-0.3, -0.25) is 9.69 Å². The third-order valence-corrected chi connectivity index (χ3v) is 7.77. The molecule has 172 valence electrons. The van der Waals surface area contributed by atoms with Crippen molar-refractivity contribution in [3.05, 3.63) is 53.6 Å². The number of carbonyl (C=O) groups is 1. The molecule has 2 heterocycles. The van der Waals surface area contributed by atoms with Crippen LogP contribution in [0.2, 0.25) is 0 Å². The van der Waals surface area contributed by atoms with E-state index in [2.05, 4.69) is 11.8 Å². The lowest BCUT2D eigenvalue weighted by molar-refractivity contribution is 0.0687. The molecular formula is C24H28F2N2O3S. The quantitative estimate of drug-likeness (QED) is 0.671. The number of halogens is 2. The zero-order valence-corrected chi connectivity index (χ0v) is 19.2. The van der Waals surface area contributed by atoms with Crippen molar-refractivity contribution in [1.82, 2.24) is 9.80 Å². The van der Waals surface area contributed by atoms with Crippen LogP contribution in [0.1, 0.15) is 43.0 Å². The van der Waals surface area contributed by atoms with Crippen LogP contribution in [-0.4, -0.2) is 62.1 Å². The van der Waals surface area contributed by atoms with Crippen molar-refractivity contribution in [2.45, 2.75) is 49.6 Å². The Labute approximate surface area is 187 Å². The molecule has 2 aromatic rings. The van der Waals surface area contributed by atoms with Crippen LogP contribution in [0, 0.1) is 11.6 Å². The number of carbonyl (C=O) groups excluding carboxylic acids is 1. The second-order valence-corrected chi connectivity index (χ2v) is 10.9. The van der Waals surface area contributed by atoms with Gasteiger partial charge in [-0.05, 0) is 74.5 Å². The highest BCUT2D eigenvalue weighted by atomic mass is 32.2. The minimum absolute atomic E-state index is 0.0370. The van der Waals surface area contributed by atoms with Crippen LogP contribution in [0.4, 0.5) is 8.78 Å². The summed E-state index contributed by atoms with van der Waals surface area (Å²) in [5, 5.41) is 0. The average Bonchev–Trinajstić information content (AvgIpc) is 3.36. The average molecular weight is 463 g/mol. The minimum atomic E-state index is -3.36. The summed E-state index contributed by atoms with van der Waals surface area (Å²) in [6.45, 7) is 4.41. The Bertz CT molecular complexity index is 1100. The van der Waals surface area contributed by atoms with Gasteiger partial charge in [0.25, 0.3) is 5.91 Å². The zero-order chi connectivity index (χ0) is 23.0. The molecular weight excluding hydrogens is 434 g/mol. The second-order valence-electron chi connectivity index (χ2n) is 8.89. The molecule has 2 atom stereocenters. The molecule has 0 aliphatic carbocycles. The molecule has 4 rings (SSSR count). The van der Waals surface area contributed by atoms with Gasteiger partial charge in [0.2, 0.25) is 0 Å². The fourth-order valence-corrected chi connectivity index (χ4v) is 5.44. The summed E-state index contributed by atoms with van der Waals surface area (Å²) in [7, 11) is -3.36. The molecule has 5 nitrogen and oxygen atoms in total. The van der Waals surface area contributed by atoms with E-state index in [-0.39, 0.29) is 16.5 Å².